The van der Waals surface area contributed by atoms with Gasteiger partial charge in [-0.05, 0) is 18.2 Å². The first-order valence-corrected chi connectivity index (χ1v) is 7.02. The maximum Gasteiger partial charge on any atom is 0.200 e. The van der Waals surface area contributed by atoms with E-state index >= 15 is 0 Å². The third-order valence-electron chi connectivity index (χ3n) is 3.55. The molecule has 1 atom stereocenters. The molecule has 0 saturated carbocycles. The summed E-state index contributed by atoms with van der Waals surface area (Å²) in [6.07, 6.45) is -0.363. The second-order valence-electron chi connectivity index (χ2n) is 5.01. The molecule has 2 aliphatic heterocycles. The van der Waals surface area contributed by atoms with Crippen molar-refractivity contribution in [2.24, 2.45) is 4.99 Å². The van der Waals surface area contributed by atoms with E-state index in [-0.39, 0.29) is 12.0 Å². The van der Waals surface area contributed by atoms with Gasteiger partial charge in [0.2, 0.25) is 0 Å². The Morgan fingerprint density at radius 3 is 3.00 bits per heavy atom. The standard InChI is InChI=1S/C14H19FN4O2/c1-20-9-13-17-14(18-21-13)10-2-3-11(15)12(8-10)19-6-4-16-5-7-19/h2-3,8,13,16H,4-7,9H2,1H3,(H,17,18). The van der Waals surface area contributed by atoms with Gasteiger partial charge in [-0.3, -0.25) is 0 Å². The van der Waals surface area contributed by atoms with Gasteiger partial charge in [0.25, 0.3) is 0 Å². The van der Waals surface area contributed by atoms with Crippen molar-refractivity contribution < 1.29 is 14.0 Å². The van der Waals surface area contributed by atoms with Crippen molar-refractivity contribution in [1.29, 1.82) is 0 Å². The minimum atomic E-state index is -0.363. The van der Waals surface area contributed by atoms with Gasteiger partial charge in [-0.25, -0.2) is 19.7 Å². The fourth-order valence-electron chi connectivity index (χ4n) is 2.48. The summed E-state index contributed by atoms with van der Waals surface area (Å²) in [5, 5.41) is 3.26. The predicted molar refractivity (Wildman–Crippen MR) is 77.9 cm³/mol. The molecule has 0 spiro atoms. The normalized spacial score (nSPS) is 22.1. The molecule has 21 heavy (non-hydrogen) atoms. The molecule has 114 valence electrons. The number of nitrogens with zero attached hydrogens (tertiary/aromatic N) is 2. The Morgan fingerprint density at radius 1 is 1.43 bits per heavy atom. The molecule has 0 aromatic heterocycles. The Morgan fingerprint density at radius 2 is 2.24 bits per heavy atom. The summed E-state index contributed by atoms with van der Waals surface area (Å²) in [6, 6.07) is 4.98. The predicted octanol–water partition coefficient (Wildman–Crippen LogP) is 0.489. The highest BCUT2D eigenvalue weighted by atomic mass is 19.1. The van der Waals surface area contributed by atoms with E-state index in [1.807, 2.05) is 11.0 Å². The molecule has 1 saturated heterocycles. The number of rotatable bonds is 4. The summed E-state index contributed by atoms with van der Waals surface area (Å²) in [4.78, 5) is 11.7. The third kappa shape index (κ3) is 3.15. The molecule has 7 heteroatoms. The Labute approximate surface area is 122 Å². The lowest BCUT2D eigenvalue weighted by Crippen LogP contribution is -2.44. The number of piperazine rings is 1. The van der Waals surface area contributed by atoms with Gasteiger partial charge in [-0.15, -0.1) is 0 Å². The molecule has 0 radical (unpaired) electrons. The Kier molecular flexibility index (Phi) is 4.33. The van der Waals surface area contributed by atoms with Gasteiger partial charge >= 0.3 is 0 Å². The molecule has 1 fully saturated rings. The lowest BCUT2D eigenvalue weighted by molar-refractivity contribution is -0.00991. The van der Waals surface area contributed by atoms with Gasteiger partial charge in [0.1, 0.15) is 5.82 Å². The fraction of sp³-hybridized carbons (Fsp3) is 0.500. The molecule has 6 nitrogen and oxygen atoms in total. The number of hydroxylamine groups is 1. The van der Waals surface area contributed by atoms with E-state index < -0.39 is 0 Å². The van der Waals surface area contributed by atoms with Gasteiger partial charge in [-0.2, -0.15) is 0 Å². The zero-order chi connectivity index (χ0) is 14.7. The van der Waals surface area contributed by atoms with E-state index in [0.717, 1.165) is 31.7 Å². The topological polar surface area (TPSA) is 58.1 Å². The van der Waals surface area contributed by atoms with E-state index in [1.165, 1.54) is 6.07 Å². The lowest BCUT2D eigenvalue weighted by Gasteiger charge is -2.30. The smallest absolute Gasteiger partial charge is 0.200 e. The SMILES string of the molecule is COCC1N=C(c2ccc(F)c(N3CCNCC3)c2)NO1. The number of halogens is 1. The number of hydrogen-bond donors (Lipinski definition) is 2. The molecule has 2 heterocycles. The number of hydrogen-bond acceptors (Lipinski definition) is 6. The monoisotopic (exact) mass is 294 g/mol. The molecule has 1 aromatic carbocycles. The zero-order valence-electron chi connectivity index (χ0n) is 11.9. The van der Waals surface area contributed by atoms with Gasteiger partial charge < -0.3 is 15.0 Å². The minimum Gasteiger partial charge on any atom is -0.380 e. The number of amidine groups is 1. The Hall–Kier alpha value is -1.70. The molecule has 1 unspecified atom stereocenters. The van der Waals surface area contributed by atoms with Crippen LogP contribution in [-0.2, 0) is 9.57 Å². The van der Waals surface area contributed by atoms with Crippen molar-refractivity contribution in [2.75, 3.05) is 44.8 Å². The quantitative estimate of drug-likeness (QED) is 0.846. The van der Waals surface area contributed by atoms with Crippen LogP contribution in [0.4, 0.5) is 10.1 Å². The Balaban J connectivity index is 1.82. The largest absolute Gasteiger partial charge is 0.380 e. The van der Waals surface area contributed by atoms with Crippen LogP contribution < -0.4 is 15.7 Å². The first-order chi connectivity index (χ1) is 10.3. The second kappa shape index (κ2) is 6.38. The second-order valence-corrected chi connectivity index (χ2v) is 5.01. The van der Waals surface area contributed by atoms with Crippen molar-refractivity contribution in [3.63, 3.8) is 0 Å². The highest BCUT2D eigenvalue weighted by molar-refractivity contribution is 5.99. The highest BCUT2D eigenvalue weighted by Gasteiger charge is 2.21. The van der Waals surface area contributed by atoms with Crippen molar-refractivity contribution >= 4 is 11.5 Å². The van der Waals surface area contributed by atoms with E-state index in [2.05, 4.69) is 15.8 Å². The van der Waals surface area contributed by atoms with Crippen molar-refractivity contribution in [2.45, 2.75) is 6.23 Å². The number of nitrogens with one attached hydrogen (secondary N) is 2. The van der Waals surface area contributed by atoms with Crippen LogP contribution in [0.25, 0.3) is 0 Å². The summed E-state index contributed by atoms with van der Waals surface area (Å²) < 4.78 is 19.1. The van der Waals surface area contributed by atoms with Gasteiger partial charge in [0, 0.05) is 38.9 Å². The number of benzene rings is 1. The first-order valence-electron chi connectivity index (χ1n) is 7.02. The summed E-state index contributed by atoms with van der Waals surface area (Å²) in [7, 11) is 1.59. The molecule has 0 aliphatic carbocycles. The van der Waals surface area contributed by atoms with Crippen molar-refractivity contribution in [3.8, 4) is 0 Å². The molecule has 0 amide bonds. The van der Waals surface area contributed by atoms with Crippen LogP contribution in [-0.4, -0.2) is 52.0 Å². The number of ether oxygens (including phenoxy) is 1. The summed E-state index contributed by atoms with van der Waals surface area (Å²) >= 11 is 0. The zero-order valence-corrected chi connectivity index (χ0v) is 11.9. The average Bonchev–Trinajstić information content (AvgIpc) is 2.98. The number of methoxy groups -OCH3 is 1. The minimum absolute atomic E-state index is 0.214. The molecule has 1 aromatic rings. The van der Waals surface area contributed by atoms with Crippen LogP contribution in [0, 0.1) is 5.82 Å². The molecule has 0 bridgehead atoms. The van der Waals surface area contributed by atoms with Gasteiger partial charge in [0.15, 0.2) is 12.1 Å². The third-order valence-corrected chi connectivity index (χ3v) is 3.55. The summed E-state index contributed by atoms with van der Waals surface area (Å²) in [5.41, 5.74) is 4.19. The average molecular weight is 294 g/mol. The first kappa shape index (κ1) is 14.2. The van der Waals surface area contributed by atoms with E-state index in [9.17, 15) is 4.39 Å². The van der Waals surface area contributed by atoms with Crippen molar-refractivity contribution in [3.05, 3.63) is 29.6 Å². The lowest BCUT2D eigenvalue weighted by atomic mass is 10.1. The van der Waals surface area contributed by atoms with Gasteiger partial charge in [0.05, 0.1) is 12.3 Å². The Bertz CT molecular complexity index is 532. The molecule has 3 rings (SSSR count). The maximum absolute atomic E-state index is 14.1. The highest BCUT2D eigenvalue weighted by Crippen LogP contribution is 2.22. The van der Waals surface area contributed by atoms with Crippen LogP contribution >= 0.6 is 0 Å². The van der Waals surface area contributed by atoms with E-state index in [0.29, 0.717) is 18.1 Å². The van der Waals surface area contributed by atoms with Crippen LogP contribution in [0.2, 0.25) is 0 Å². The fourth-order valence-corrected chi connectivity index (χ4v) is 2.48. The van der Waals surface area contributed by atoms with E-state index in [4.69, 9.17) is 9.57 Å². The van der Waals surface area contributed by atoms with E-state index in [1.54, 1.807) is 13.2 Å². The molecule has 2 N–H and O–H groups in total. The molecular weight excluding hydrogens is 275 g/mol. The maximum atomic E-state index is 14.1. The number of aliphatic imine (C=N–C) groups is 1. The molecule has 2 aliphatic rings. The summed E-state index contributed by atoms with van der Waals surface area (Å²) in [6.45, 7) is 3.69. The van der Waals surface area contributed by atoms with Gasteiger partial charge in [-0.1, -0.05) is 0 Å². The summed E-state index contributed by atoms with van der Waals surface area (Å²) in [5.74, 6) is 0.391. The van der Waals surface area contributed by atoms with Crippen LogP contribution in [0.5, 0.6) is 0 Å². The number of anilines is 1. The van der Waals surface area contributed by atoms with Crippen LogP contribution in [0.1, 0.15) is 5.56 Å². The van der Waals surface area contributed by atoms with Crippen molar-refractivity contribution in [1.82, 2.24) is 10.8 Å². The molecular formula is C14H19FN4O2. The van der Waals surface area contributed by atoms with Crippen LogP contribution in [0.15, 0.2) is 23.2 Å². The van der Waals surface area contributed by atoms with Crippen LogP contribution in [0.3, 0.4) is 0 Å².